The molecule has 0 bridgehead atoms. The Balaban J connectivity index is 1.61. The second-order valence-electron chi connectivity index (χ2n) is 8.52. The number of methoxy groups -OCH3 is 3. The minimum Gasteiger partial charge on any atom is -0.497 e. The fraction of sp³-hybridized carbons (Fsp3) is 0.250. The highest BCUT2D eigenvalue weighted by molar-refractivity contribution is 6.03. The number of carbonyl (C=O) groups is 2. The van der Waals surface area contributed by atoms with Gasteiger partial charge in [-0.25, -0.2) is 9.40 Å². The highest BCUT2D eigenvalue weighted by Crippen LogP contribution is 2.37. The van der Waals surface area contributed by atoms with Gasteiger partial charge < -0.3 is 19.1 Å². The molecule has 0 unspecified atom stereocenters. The van der Waals surface area contributed by atoms with Gasteiger partial charge in [0.1, 0.15) is 18.1 Å². The summed E-state index contributed by atoms with van der Waals surface area (Å²) in [4.78, 5) is 27.8. The third-order valence-electron chi connectivity index (χ3n) is 6.19. The van der Waals surface area contributed by atoms with Crippen molar-refractivity contribution in [2.75, 3.05) is 34.9 Å². The molecule has 37 heavy (non-hydrogen) atoms. The summed E-state index contributed by atoms with van der Waals surface area (Å²) in [5.74, 6) is 0.695. The van der Waals surface area contributed by atoms with Crippen LogP contribution >= 0.6 is 0 Å². The van der Waals surface area contributed by atoms with Crippen molar-refractivity contribution in [2.24, 2.45) is 5.10 Å². The van der Waals surface area contributed by atoms with Crippen LogP contribution in [0, 0.1) is 5.82 Å². The van der Waals surface area contributed by atoms with E-state index in [2.05, 4.69) is 5.10 Å². The molecule has 1 aliphatic rings. The Kier molecular flexibility index (Phi) is 7.71. The number of hydrogen-bond donors (Lipinski definition) is 0. The van der Waals surface area contributed by atoms with Gasteiger partial charge in [-0.1, -0.05) is 18.2 Å². The Labute approximate surface area is 214 Å². The number of rotatable bonds is 8. The predicted octanol–water partition coefficient (Wildman–Crippen LogP) is 4.30. The van der Waals surface area contributed by atoms with E-state index < -0.39 is 6.04 Å². The molecule has 0 fully saturated rings. The molecule has 1 atom stereocenters. The monoisotopic (exact) mass is 505 g/mol. The van der Waals surface area contributed by atoms with Crippen LogP contribution in [0.3, 0.4) is 0 Å². The standard InChI is InChI=1S/C28H28FN3O5/c1-31(28(34)19-7-12-22(35-2)13-8-19)17-27(33)32-24(20-9-14-25(36-3)26(15-20)37-4)16-23(30-32)18-5-10-21(29)11-6-18/h5-15,24H,16-17H2,1-4H3/t24-/m0/s1. The molecule has 0 aromatic heterocycles. The van der Waals surface area contributed by atoms with Crippen LogP contribution < -0.4 is 14.2 Å². The first kappa shape index (κ1) is 25.7. The van der Waals surface area contributed by atoms with E-state index in [1.165, 1.54) is 22.0 Å². The maximum absolute atomic E-state index is 13.5. The molecule has 0 saturated carbocycles. The van der Waals surface area contributed by atoms with Crippen LogP contribution in [0.25, 0.3) is 0 Å². The number of ether oxygens (including phenoxy) is 3. The molecule has 0 radical (unpaired) electrons. The highest BCUT2D eigenvalue weighted by Gasteiger charge is 2.34. The van der Waals surface area contributed by atoms with Crippen LogP contribution in [0.4, 0.5) is 4.39 Å². The summed E-state index contributed by atoms with van der Waals surface area (Å²) in [7, 11) is 6.21. The zero-order valence-electron chi connectivity index (χ0n) is 21.1. The number of carbonyl (C=O) groups excluding carboxylic acids is 2. The third kappa shape index (κ3) is 5.55. The van der Waals surface area contributed by atoms with E-state index in [9.17, 15) is 14.0 Å². The summed E-state index contributed by atoms with van der Waals surface area (Å²) in [6.07, 6.45) is 0.406. The maximum Gasteiger partial charge on any atom is 0.262 e. The first-order valence-electron chi connectivity index (χ1n) is 11.6. The van der Waals surface area contributed by atoms with E-state index in [1.54, 1.807) is 76.9 Å². The van der Waals surface area contributed by atoms with E-state index in [0.29, 0.717) is 40.5 Å². The Hall–Kier alpha value is -4.40. The van der Waals surface area contributed by atoms with Crippen LogP contribution in [-0.4, -0.2) is 62.4 Å². The van der Waals surface area contributed by atoms with E-state index in [-0.39, 0.29) is 24.2 Å². The quantitative estimate of drug-likeness (QED) is 0.456. The van der Waals surface area contributed by atoms with Crippen molar-refractivity contribution in [2.45, 2.75) is 12.5 Å². The molecular formula is C28H28FN3O5. The summed E-state index contributed by atoms with van der Waals surface area (Å²) in [5.41, 5.74) is 2.57. The van der Waals surface area contributed by atoms with Gasteiger partial charge in [-0.2, -0.15) is 5.10 Å². The van der Waals surface area contributed by atoms with Crippen molar-refractivity contribution in [3.63, 3.8) is 0 Å². The minimum absolute atomic E-state index is 0.186. The van der Waals surface area contributed by atoms with Gasteiger partial charge in [0.15, 0.2) is 11.5 Å². The average molecular weight is 506 g/mol. The summed E-state index contributed by atoms with van der Waals surface area (Å²) >= 11 is 0. The maximum atomic E-state index is 13.5. The van der Waals surface area contributed by atoms with Gasteiger partial charge in [0.05, 0.1) is 33.1 Å². The molecular weight excluding hydrogens is 477 g/mol. The highest BCUT2D eigenvalue weighted by atomic mass is 19.1. The average Bonchev–Trinajstić information content (AvgIpc) is 3.38. The lowest BCUT2D eigenvalue weighted by atomic mass is 9.98. The van der Waals surface area contributed by atoms with Crippen molar-refractivity contribution in [1.82, 2.24) is 9.91 Å². The van der Waals surface area contributed by atoms with Crippen LogP contribution in [0.5, 0.6) is 17.2 Å². The van der Waals surface area contributed by atoms with E-state index in [4.69, 9.17) is 14.2 Å². The topological polar surface area (TPSA) is 80.7 Å². The van der Waals surface area contributed by atoms with E-state index >= 15 is 0 Å². The van der Waals surface area contributed by atoms with E-state index in [0.717, 1.165) is 5.56 Å². The molecule has 0 saturated heterocycles. The Morgan fingerprint density at radius 2 is 1.62 bits per heavy atom. The number of hydrazone groups is 1. The van der Waals surface area contributed by atoms with Crippen molar-refractivity contribution < 1.29 is 28.2 Å². The fourth-order valence-corrected chi connectivity index (χ4v) is 4.18. The smallest absolute Gasteiger partial charge is 0.262 e. The normalized spacial score (nSPS) is 14.7. The number of likely N-dealkylation sites (N-methyl/N-ethyl adjacent to an activating group) is 1. The molecule has 1 aliphatic heterocycles. The van der Waals surface area contributed by atoms with Crippen molar-refractivity contribution in [3.05, 3.63) is 89.2 Å². The Morgan fingerprint density at radius 3 is 2.24 bits per heavy atom. The first-order chi connectivity index (χ1) is 17.8. The largest absolute Gasteiger partial charge is 0.497 e. The van der Waals surface area contributed by atoms with Gasteiger partial charge in [0, 0.05) is 19.0 Å². The van der Waals surface area contributed by atoms with Crippen LogP contribution in [0.15, 0.2) is 71.8 Å². The SMILES string of the molecule is COc1ccc(C(=O)N(C)CC(=O)N2N=C(c3ccc(F)cc3)C[C@H]2c2ccc(OC)c(OC)c2)cc1. The zero-order valence-corrected chi connectivity index (χ0v) is 21.1. The fourth-order valence-electron chi connectivity index (χ4n) is 4.18. The van der Waals surface area contributed by atoms with E-state index in [1.807, 2.05) is 6.07 Å². The summed E-state index contributed by atoms with van der Waals surface area (Å²) < 4.78 is 29.4. The summed E-state index contributed by atoms with van der Waals surface area (Å²) in [6.45, 7) is -0.186. The molecule has 8 nitrogen and oxygen atoms in total. The van der Waals surface area contributed by atoms with Crippen LogP contribution in [0.1, 0.15) is 33.9 Å². The van der Waals surface area contributed by atoms with Gasteiger partial charge >= 0.3 is 0 Å². The van der Waals surface area contributed by atoms with Gasteiger partial charge in [-0.05, 0) is 59.7 Å². The van der Waals surface area contributed by atoms with Gasteiger partial charge in [0.25, 0.3) is 11.8 Å². The summed E-state index contributed by atoms with van der Waals surface area (Å²) in [6, 6.07) is 17.6. The van der Waals surface area contributed by atoms with Crippen LogP contribution in [0.2, 0.25) is 0 Å². The Bertz CT molecular complexity index is 1310. The van der Waals surface area contributed by atoms with Crippen molar-refractivity contribution in [1.29, 1.82) is 0 Å². The zero-order chi connectivity index (χ0) is 26.5. The van der Waals surface area contributed by atoms with Gasteiger partial charge in [-0.3, -0.25) is 9.59 Å². The molecule has 4 rings (SSSR count). The number of amides is 2. The van der Waals surface area contributed by atoms with Crippen LogP contribution in [-0.2, 0) is 4.79 Å². The molecule has 3 aromatic carbocycles. The minimum atomic E-state index is -0.447. The molecule has 192 valence electrons. The second-order valence-corrected chi connectivity index (χ2v) is 8.52. The summed E-state index contributed by atoms with van der Waals surface area (Å²) in [5, 5.41) is 5.99. The van der Waals surface area contributed by atoms with Crippen molar-refractivity contribution >= 4 is 17.5 Å². The lowest BCUT2D eigenvalue weighted by molar-refractivity contribution is -0.133. The molecule has 1 heterocycles. The molecule has 9 heteroatoms. The van der Waals surface area contributed by atoms with Crippen molar-refractivity contribution in [3.8, 4) is 17.2 Å². The van der Waals surface area contributed by atoms with Gasteiger partial charge in [0.2, 0.25) is 0 Å². The molecule has 0 aliphatic carbocycles. The Morgan fingerprint density at radius 1 is 0.946 bits per heavy atom. The number of halogens is 1. The molecule has 0 N–H and O–H groups in total. The second kappa shape index (κ2) is 11.1. The van der Waals surface area contributed by atoms with Gasteiger partial charge in [-0.15, -0.1) is 0 Å². The lowest BCUT2D eigenvalue weighted by Crippen LogP contribution is -2.39. The number of benzene rings is 3. The predicted molar refractivity (Wildman–Crippen MR) is 137 cm³/mol. The lowest BCUT2D eigenvalue weighted by Gasteiger charge is -2.25. The first-order valence-corrected chi connectivity index (χ1v) is 11.6. The number of hydrogen-bond acceptors (Lipinski definition) is 6. The molecule has 0 spiro atoms. The molecule has 3 aromatic rings. The molecule has 2 amide bonds. The number of nitrogens with zero attached hydrogens (tertiary/aromatic N) is 3. The third-order valence-corrected chi connectivity index (χ3v) is 6.19.